The number of carbonyl (C=O) groups is 3. The van der Waals surface area contributed by atoms with Gasteiger partial charge in [-0.1, -0.05) is 30.3 Å². The van der Waals surface area contributed by atoms with Crippen LogP contribution in [0.15, 0.2) is 60.7 Å². The van der Waals surface area contributed by atoms with E-state index >= 15 is 0 Å². The van der Waals surface area contributed by atoms with Crippen molar-refractivity contribution in [2.75, 3.05) is 13.7 Å². The first kappa shape index (κ1) is 21.3. The van der Waals surface area contributed by atoms with Crippen molar-refractivity contribution in [1.82, 2.24) is 10.2 Å². The number of urea groups is 1. The van der Waals surface area contributed by atoms with E-state index in [1.807, 2.05) is 6.07 Å². The van der Waals surface area contributed by atoms with Crippen LogP contribution in [-0.2, 0) is 16.2 Å². The van der Waals surface area contributed by atoms with Crippen molar-refractivity contribution in [2.45, 2.75) is 6.61 Å². The Morgan fingerprint density at radius 1 is 1.16 bits per heavy atom. The third-order valence-electron chi connectivity index (χ3n) is 4.52. The van der Waals surface area contributed by atoms with Crippen LogP contribution in [-0.4, -0.2) is 36.4 Å². The quantitative estimate of drug-likeness (QED) is 0.422. The summed E-state index contributed by atoms with van der Waals surface area (Å²) < 4.78 is 11.2. The highest BCUT2D eigenvalue weighted by Gasteiger charge is 2.34. The summed E-state index contributed by atoms with van der Waals surface area (Å²) in [6, 6.07) is 13.3. The van der Waals surface area contributed by atoms with Crippen molar-refractivity contribution in [3.8, 4) is 17.6 Å². The van der Waals surface area contributed by atoms with E-state index in [0.29, 0.717) is 22.6 Å². The molecule has 1 fully saturated rings. The fourth-order valence-electron chi connectivity index (χ4n) is 2.96. The Kier molecular flexibility index (Phi) is 6.48. The molecule has 0 bridgehead atoms. The number of rotatable bonds is 7. The molecule has 0 aliphatic carbocycles. The Bertz CT molecular complexity index is 1130. The second-order valence-electron chi connectivity index (χ2n) is 6.49. The molecule has 0 saturated carbocycles. The highest BCUT2D eigenvalue weighted by atomic mass is 16.5. The van der Waals surface area contributed by atoms with Crippen LogP contribution in [0.1, 0.15) is 16.7 Å². The number of methoxy groups -OCH3 is 1. The summed E-state index contributed by atoms with van der Waals surface area (Å²) in [6.07, 6.45) is 2.77. The van der Waals surface area contributed by atoms with Gasteiger partial charge in [-0.15, -0.1) is 6.58 Å². The number of hydrogen-bond acceptors (Lipinski definition) is 6. The lowest BCUT2D eigenvalue weighted by Crippen LogP contribution is -2.54. The predicted molar refractivity (Wildman–Crippen MR) is 112 cm³/mol. The Balaban J connectivity index is 1.84. The topological polar surface area (TPSA) is 109 Å². The zero-order valence-electron chi connectivity index (χ0n) is 16.8. The number of benzene rings is 2. The van der Waals surface area contributed by atoms with Gasteiger partial charge in [0, 0.05) is 12.1 Å². The number of imide groups is 2. The molecule has 4 amide bonds. The number of amides is 4. The number of ether oxygens (including phenoxy) is 2. The van der Waals surface area contributed by atoms with Crippen LogP contribution in [0, 0.1) is 11.3 Å². The highest BCUT2D eigenvalue weighted by molar-refractivity contribution is 6.31. The Hall–Kier alpha value is -4.38. The molecule has 0 radical (unpaired) electrons. The van der Waals surface area contributed by atoms with E-state index < -0.39 is 17.8 Å². The summed E-state index contributed by atoms with van der Waals surface area (Å²) in [5, 5.41) is 11.3. The number of nitrogens with zero attached hydrogens (tertiary/aromatic N) is 2. The zero-order valence-corrected chi connectivity index (χ0v) is 16.8. The molecule has 0 spiro atoms. The SMILES string of the molecule is C=CCN1C(=O)NC(=O)/C(=C/c2ccc(OCc3ccccc3C#N)c(OC)c2)C1=O. The van der Waals surface area contributed by atoms with Gasteiger partial charge >= 0.3 is 6.03 Å². The molecule has 1 N–H and O–H groups in total. The number of barbiturate groups is 1. The summed E-state index contributed by atoms with van der Waals surface area (Å²) >= 11 is 0. The van der Waals surface area contributed by atoms with Gasteiger partial charge in [0.1, 0.15) is 12.2 Å². The molecular formula is C23H19N3O5. The van der Waals surface area contributed by atoms with E-state index in [1.54, 1.807) is 36.4 Å². The predicted octanol–water partition coefficient (Wildman–Crippen LogP) is 2.79. The first-order valence-corrected chi connectivity index (χ1v) is 9.27. The molecule has 2 aromatic rings. The second-order valence-corrected chi connectivity index (χ2v) is 6.49. The van der Waals surface area contributed by atoms with Crippen molar-refractivity contribution >= 4 is 23.9 Å². The largest absolute Gasteiger partial charge is 0.493 e. The van der Waals surface area contributed by atoms with Gasteiger partial charge in [-0.3, -0.25) is 19.8 Å². The van der Waals surface area contributed by atoms with Gasteiger partial charge in [0.15, 0.2) is 11.5 Å². The third-order valence-corrected chi connectivity index (χ3v) is 4.52. The molecule has 0 atom stereocenters. The van der Waals surface area contributed by atoms with E-state index in [-0.39, 0.29) is 18.7 Å². The Morgan fingerprint density at radius 3 is 2.65 bits per heavy atom. The molecule has 0 aromatic heterocycles. The lowest BCUT2D eigenvalue weighted by atomic mass is 10.1. The molecule has 3 rings (SSSR count). The van der Waals surface area contributed by atoms with Crippen molar-refractivity contribution in [1.29, 1.82) is 5.26 Å². The Morgan fingerprint density at radius 2 is 1.94 bits per heavy atom. The zero-order chi connectivity index (χ0) is 22.4. The minimum atomic E-state index is -0.786. The summed E-state index contributed by atoms with van der Waals surface area (Å²) in [4.78, 5) is 37.4. The molecular weight excluding hydrogens is 398 g/mol. The first-order chi connectivity index (χ1) is 15.0. The molecule has 2 aromatic carbocycles. The highest BCUT2D eigenvalue weighted by Crippen LogP contribution is 2.30. The van der Waals surface area contributed by atoms with E-state index in [0.717, 1.165) is 10.5 Å². The number of hydrogen-bond donors (Lipinski definition) is 1. The van der Waals surface area contributed by atoms with Crippen LogP contribution in [0.25, 0.3) is 6.08 Å². The molecule has 0 unspecified atom stereocenters. The first-order valence-electron chi connectivity index (χ1n) is 9.27. The molecule has 1 aliphatic heterocycles. The minimum absolute atomic E-state index is 0.0183. The maximum atomic E-state index is 12.5. The smallest absolute Gasteiger partial charge is 0.331 e. The Labute approximate surface area is 179 Å². The normalized spacial score (nSPS) is 14.8. The van der Waals surface area contributed by atoms with Crippen molar-refractivity contribution in [2.24, 2.45) is 0 Å². The van der Waals surface area contributed by atoms with Crippen LogP contribution in [0.5, 0.6) is 11.5 Å². The molecule has 8 heteroatoms. The summed E-state index contributed by atoms with van der Waals surface area (Å²) in [7, 11) is 1.46. The fourth-order valence-corrected chi connectivity index (χ4v) is 2.96. The average molecular weight is 417 g/mol. The van der Waals surface area contributed by atoms with Gasteiger partial charge in [-0.2, -0.15) is 5.26 Å². The van der Waals surface area contributed by atoms with Crippen molar-refractivity contribution < 1.29 is 23.9 Å². The molecule has 8 nitrogen and oxygen atoms in total. The molecule has 31 heavy (non-hydrogen) atoms. The maximum Gasteiger partial charge on any atom is 0.331 e. The average Bonchev–Trinajstić information content (AvgIpc) is 2.78. The second kappa shape index (κ2) is 9.41. The van der Waals surface area contributed by atoms with Crippen LogP contribution >= 0.6 is 0 Å². The van der Waals surface area contributed by atoms with Crippen LogP contribution in [0.2, 0.25) is 0 Å². The van der Waals surface area contributed by atoms with Gasteiger partial charge in [-0.05, 0) is 29.8 Å². The molecule has 1 heterocycles. The van der Waals surface area contributed by atoms with E-state index in [9.17, 15) is 19.6 Å². The van der Waals surface area contributed by atoms with Gasteiger partial charge in [0.05, 0.1) is 18.7 Å². The van der Waals surface area contributed by atoms with Gasteiger partial charge in [-0.25, -0.2) is 4.79 Å². The summed E-state index contributed by atoms with van der Waals surface area (Å²) in [5.74, 6) is -0.671. The van der Waals surface area contributed by atoms with Crippen molar-refractivity contribution in [3.05, 3.63) is 77.4 Å². The number of carbonyl (C=O) groups excluding carboxylic acids is 3. The van der Waals surface area contributed by atoms with Crippen LogP contribution < -0.4 is 14.8 Å². The molecule has 156 valence electrons. The van der Waals surface area contributed by atoms with Crippen molar-refractivity contribution in [3.63, 3.8) is 0 Å². The summed E-state index contributed by atoms with van der Waals surface area (Å²) in [5.41, 5.74) is 1.58. The minimum Gasteiger partial charge on any atom is -0.493 e. The van der Waals surface area contributed by atoms with Gasteiger partial charge < -0.3 is 9.47 Å². The number of nitriles is 1. The monoisotopic (exact) mass is 417 g/mol. The van der Waals surface area contributed by atoms with Crippen LogP contribution in [0.3, 0.4) is 0 Å². The fraction of sp³-hybridized carbons (Fsp3) is 0.130. The van der Waals surface area contributed by atoms with Crippen LogP contribution in [0.4, 0.5) is 4.79 Å². The summed E-state index contributed by atoms with van der Waals surface area (Å²) in [6.45, 7) is 3.66. The molecule has 1 saturated heterocycles. The standard InChI is InChI=1S/C23H19N3O5/c1-3-10-26-22(28)18(21(27)25-23(26)29)11-15-8-9-19(20(12-15)30-2)31-14-17-7-5-4-6-16(17)13-24/h3-9,11-12H,1,10,14H2,2H3,(H,25,27,29)/b18-11-. The van der Waals surface area contributed by atoms with Gasteiger partial charge in [0.2, 0.25) is 0 Å². The lowest BCUT2D eigenvalue weighted by molar-refractivity contribution is -0.129. The van der Waals surface area contributed by atoms with E-state index in [2.05, 4.69) is 18.0 Å². The number of nitrogens with one attached hydrogen (secondary N) is 1. The lowest BCUT2D eigenvalue weighted by Gasteiger charge is -2.25. The van der Waals surface area contributed by atoms with E-state index in [1.165, 1.54) is 19.3 Å². The van der Waals surface area contributed by atoms with E-state index in [4.69, 9.17) is 9.47 Å². The van der Waals surface area contributed by atoms with Gasteiger partial charge in [0.25, 0.3) is 11.8 Å². The third kappa shape index (κ3) is 4.62. The maximum absolute atomic E-state index is 12.5. The molecule has 1 aliphatic rings.